The molecule has 5 nitrogen and oxygen atoms in total. The molecule has 2 rings (SSSR count). The lowest BCUT2D eigenvalue weighted by Crippen LogP contribution is -1.80. The monoisotopic (exact) mass is 244 g/mol. The van der Waals surface area contributed by atoms with Crippen LogP contribution in [0, 0.1) is 0 Å². The highest BCUT2D eigenvalue weighted by molar-refractivity contribution is 5.55. The minimum Gasteiger partial charge on any atom is -0.506 e. The lowest BCUT2D eigenvalue weighted by atomic mass is 10.3. The lowest BCUT2D eigenvalue weighted by Gasteiger charge is -2.02. The Labute approximate surface area is 104 Å². The second kappa shape index (κ2) is 5.18. The largest absolute Gasteiger partial charge is 0.506 e. The van der Waals surface area contributed by atoms with E-state index in [0.29, 0.717) is 17.1 Å². The molecule has 0 aromatic heterocycles. The van der Waals surface area contributed by atoms with E-state index in [9.17, 15) is 10.2 Å². The van der Waals surface area contributed by atoms with Crippen LogP contribution in [-0.4, -0.2) is 17.3 Å². The Morgan fingerprint density at radius 1 is 0.889 bits per heavy atom. The molecule has 2 N–H and O–H groups in total. The molecule has 5 heteroatoms. The molecule has 0 spiro atoms. The van der Waals surface area contributed by atoms with Gasteiger partial charge in [0.05, 0.1) is 7.11 Å². The molecule has 0 radical (unpaired) electrons. The lowest BCUT2D eigenvalue weighted by molar-refractivity contribution is 0.408. The van der Waals surface area contributed by atoms with Crippen molar-refractivity contribution in [2.45, 2.75) is 0 Å². The normalized spacial score (nSPS) is 10.7. The van der Waals surface area contributed by atoms with E-state index in [4.69, 9.17) is 4.74 Å². The summed E-state index contributed by atoms with van der Waals surface area (Å²) in [4.78, 5) is 0. The van der Waals surface area contributed by atoms with Gasteiger partial charge in [-0.2, -0.15) is 0 Å². The summed E-state index contributed by atoms with van der Waals surface area (Å²) in [7, 11) is 1.51. The van der Waals surface area contributed by atoms with Gasteiger partial charge in [-0.15, -0.1) is 10.2 Å². The van der Waals surface area contributed by atoms with Crippen LogP contribution in [0.25, 0.3) is 0 Å². The van der Waals surface area contributed by atoms with Gasteiger partial charge in [-0.1, -0.05) is 12.1 Å². The van der Waals surface area contributed by atoms with Gasteiger partial charge >= 0.3 is 0 Å². The Hall–Kier alpha value is -2.56. The predicted molar refractivity (Wildman–Crippen MR) is 66.9 cm³/mol. The summed E-state index contributed by atoms with van der Waals surface area (Å²) in [6, 6.07) is 11.3. The van der Waals surface area contributed by atoms with Crippen LogP contribution < -0.4 is 4.74 Å². The van der Waals surface area contributed by atoms with Crippen LogP contribution in [0.3, 0.4) is 0 Å². The molecule has 0 unspecified atom stereocenters. The summed E-state index contributed by atoms with van der Waals surface area (Å²) < 4.78 is 4.96. The summed E-state index contributed by atoms with van der Waals surface area (Å²) in [5.74, 6) is 0.539. The number of hydrogen-bond donors (Lipinski definition) is 2. The number of benzene rings is 2. The molecule has 92 valence electrons. The molecule has 0 atom stereocenters. The number of ether oxygens (including phenoxy) is 1. The highest BCUT2D eigenvalue weighted by atomic mass is 16.5. The van der Waals surface area contributed by atoms with Gasteiger partial charge in [0.1, 0.15) is 28.6 Å². The molecular formula is C13H12N2O3. The second-order valence-corrected chi connectivity index (χ2v) is 3.54. The zero-order valence-electron chi connectivity index (χ0n) is 9.74. The fraction of sp³-hybridized carbons (Fsp3) is 0.0769. The molecule has 2 aromatic carbocycles. The Kier molecular flexibility index (Phi) is 3.43. The van der Waals surface area contributed by atoms with E-state index in [1.807, 2.05) is 0 Å². The van der Waals surface area contributed by atoms with Crippen molar-refractivity contribution in [3.63, 3.8) is 0 Å². The first-order valence-electron chi connectivity index (χ1n) is 5.27. The second-order valence-electron chi connectivity index (χ2n) is 3.54. The summed E-state index contributed by atoms with van der Waals surface area (Å²) in [6.45, 7) is 0. The SMILES string of the molecule is COc1ccc(/N=N/c2ccccc2O)c(O)c1. The van der Waals surface area contributed by atoms with Crippen LogP contribution >= 0.6 is 0 Å². The smallest absolute Gasteiger partial charge is 0.146 e. The molecule has 0 aliphatic carbocycles. The van der Waals surface area contributed by atoms with Gasteiger partial charge in [0, 0.05) is 6.07 Å². The molecule has 0 saturated heterocycles. The molecule has 2 aromatic rings. The van der Waals surface area contributed by atoms with Crippen molar-refractivity contribution < 1.29 is 14.9 Å². The Morgan fingerprint density at radius 3 is 2.17 bits per heavy atom. The Bertz CT molecular complexity index is 582. The van der Waals surface area contributed by atoms with E-state index in [2.05, 4.69) is 10.2 Å². The van der Waals surface area contributed by atoms with Gasteiger partial charge in [-0.05, 0) is 24.3 Å². The number of azo groups is 1. The van der Waals surface area contributed by atoms with Crippen LogP contribution in [0.4, 0.5) is 11.4 Å². The molecule has 0 heterocycles. The quantitative estimate of drug-likeness (QED) is 0.811. The first kappa shape index (κ1) is 11.9. The molecule has 18 heavy (non-hydrogen) atoms. The zero-order chi connectivity index (χ0) is 13.0. The van der Waals surface area contributed by atoms with Gasteiger partial charge in [0.15, 0.2) is 0 Å². The van der Waals surface area contributed by atoms with E-state index >= 15 is 0 Å². The maximum absolute atomic E-state index is 9.67. The molecule has 0 aliphatic heterocycles. The maximum atomic E-state index is 9.67. The third-order valence-corrected chi connectivity index (χ3v) is 2.33. The van der Waals surface area contributed by atoms with Crippen LogP contribution in [0.1, 0.15) is 0 Å². The summed E-state index contributed by atoms with van der Waals surface area (Å²) in [5, 5.41) is 26.9. The third kappa shape index (κ3) is 2.57. The number of phenolic OH excluding ortho intramolecular Hbond substituents is 2. The van der Waals surface area contributed by atoms with Crippen LogP contribution in [0.2, 0.25) is 0 Å². The Balaban J connectivity index is 2.27. The number of nitrogens with zero attached hydrogens (tertiary/aromatic N) is 2. The fourth-order valence-corrected chi connectivity index (χ4v) is 1.37. The first-order chi connectivity index (χ1) is 8.70. The maximum Gasteiger partial charge on any atom is 0.146 e. The number of rotatable bonds is 3. The minimum atomic E-state index is -0.0338. The van der Waals surface area contributed by atoms with Crippen molar-refractivity contribution in [1.82, 2.24) is 0 Å². The van der Waals surface area contributed by atoms with Gasteiger partial charge in [0.2, 0.25) is 0 Å². The fourth-order valence-electron chi connectivity index (χ4n) is 1.37. The average Bonchev–Trinajstić information content (AvgIpc) is 2.39. The van der Waals surface area contributed by atoms with E-state index in [1.165, 1.54) is 19.2 Å². The van der Waals surface area contributed by atoms with Crippen LogP contribution in [0.5, 0.6) is 17.2 Å². The number of phenols is 2. The van der Waals surface area contributed by atoms with Crippen molar-refractivity contribution in [1.29, 1.82) is 0 Å². The van der Waals surface area contributed by atoms with Crippen molar-refractivity contribution >= 4 is 11.4 Å². The standard InChI is InChI=1S/C13H12N2O3/c1-18-9-6-7-11(13(17)8-9)15-14-10-4-2-3-5-12(10)16/h2-8,16-17H,1H3/b15-14+. The van der Waals surface area contributed by atoms with E-state index in [-0.39, 0.29) is 11.5 Å². The van der Waals surface area contributed by atoms with E-state index < -0.39 is 0 Å². The predicted octanol–water partition coefficient (Wildman–Crippen LogP) is 3.52. The van der Waals surface area contributed by atoms with Crippen molar-refractivity contribution in [2.75, 3.05) is 7.11 Å². The summed E-state index contributed by atoms with van der Waals surface area (Å²) in [5.41, 5.74) is 0.645. The molecule has 0 bridgehead atoms. The summed E-state index contributed by atoms with van der Waals surface area (Å²) in [6.07, 6.45) is 0. The van der Waals surface area contributed by atoms with Gasteiger partial charge in [0.25, 0.3) is 0 Å². The van der Waals surface area contributed by atoms with Gasteiger partial charge in [-0.25, -0.2) is 0 Å². The molecule has 0 amide bonds. The number of hydrogen-bond acceptors (Lipinski definition) is 5. The highest BCUT2D eigenvalue weighted by Crippen LogP contribution is 2.33. The molecular weight excluding hydrogens is 232 g/mol. The number of methoxy groups -OCH3 is 1. The molecule has 0 fully saturated rings. The van der Waals surface area contributed by atoms with Gasteiger partial charge in [-0.3, -0.25) is 0 Å². The number of aromatic hydroxyl groups is 2. The Morgan fingerprint density at radius 2 is 1.56 bits per heavy atom. The van der Waals surface area contributed by atoms with Crippen molar-refractivity contribution in [3.8, 4) is 17.2 Å². The van der Waals surface area contributed by atoms with Crippen molar-refractivity contribution in [2.24, 2.45) is 10.2 Å². The molecule has 0 aliphatic rings. The topological polar surface area (TPSA) is 74.4 Å². The van der Waals surface area contributed by atoms with Crippen LogP contribution in [0.15, 0.2) is 52.7 Å². The third-order valence-electron chi connectivity index (χ3n) is 2.33. The minimum absolute atomic E-state index is 0.0338. The zero-order valence-corrected chi connectivity index (χ0v) is 9.74. The number of para-hydroxylation sites is 1. The van der Waals surface area contributed by atoms with Gasteiger partial charge < -0.3 is 14.9 Å². The van der Waals surface area contributed by atoms with E-state index in [0.717, 1.165) is 0 Å². The first-order valence-corrected chi connectivity index (χ1v) is 5.27. The van der Waals surface area contributed by atoms with E-state index in [1.54, 1.807) is 30.3 Å². The molecule has 0 saturated carbocycles. The average molecular weight is 244 g/mol. The van der Waals surface area contributed by atoms with Crippen molar-refractivity contribution in [3.05, 3.63) is 42.5 Å². The highest BCUT2D eigenvalue weighted by Gasteiger charge is 2.02. The summed E-state index contributed by atoms with van der Waals surface area (Å²) >= 11 is 0. The van der Waals surface area contributed by atoms with Crippen LogP contribution in [-0.2, 0) is 0 Å².